The molecule has 1 aliphatic heterocycles. The van der Waals surface area contributed by atoms with E-state index in [-0.39, 0.29) is 11.6 Å². The maximum atomic E-state index is 13.0. The molecule has 0 radical (unpaired) electrons. The SMILES string of the molecule is CNC(=O)c1cc(N2CCc3cc(NC(=O)Nc4ccc(Cl)c(C(F)(F)F)c4)ccc32)ccn1. The van der Waals surface area contributed by atoms with Gasteiger partial charge in [-0.3, -0.25) is 9.78 Å². The van der Waals surface area contributed by atoms with E-state index in [2.05, 4.69) is 20.9 Å². The Bertz CT molecular complexity index is 1270. The fraction of sp³-hybridized carbons (Fsp3) is 0.174. The molecule has 0 fully saturated rings. The quantitative estimate of drug-likeness (QED) is 0.455. The number of rotatable bonds is 4. The number of anilines is 4. The fourth-order valence-corrected chi connectivity index (χ4v) is 3.93. The molecule has 34 heavy (non-hydrogen) atoms. The number of pyridine rings is 1. The Morgan fingerprint density at radius 2 is 1.74 bits per heavy atom. The van der Waals surface area contributed by atoms with Crippen LogP contribution in [-0.2, 0) is 12.6 Å². The summed E-state index contributed by atoms with van der Waals surface area (Å²) in [4.78, 5) is 30.4. The van der Waals surface area contributed by atoms with E-state index in [4.69, 9.17) is 11.6 Å². The molecule has 0 atom stereocenters. The molecule has 176 valence electrons. The van der Waals surface area contributed by atoms with Crippen LogP contribution in [0.3, 0.4) is 0 Å². The zero-order chi connectivity index (χ0) is 24.5. The molecule has 1 aromatic heterocycles. The van der Waals surface area contributed by atoms with Crippen LogP contribution in [0.15, 0.2) is 54.7 Å². The van der Waals surface area contributed by atoms with Crippen molar-refractivity contribution >= 4 is 46.3 Å². The van der Waals surface area contributed by atoms with Crippen LogP contribution in [-0.4, -0.2) is 30.5 Å². The number of urea groups is 1. The highest BCUT2D eigenvalue weighted by molar-refractivity contribution is 6.31. The monoisotopic (exact) mass is 489 g/mol. The van der Waals surface area contributed by atoms with Crippen molar-refractivity contribution in [3.05, 3.63) is 76.6 Å². The normalized spacial score (nSPS) is 12.8. The smallest absolute Gasteiger partial charge is 0.354 e. The number of fused-ring (bicyclic) bond motifs is 1. The molecule has 3 aromatic rings. The van der Waals surface area contributed by atoms with Gasteiger partial charge in [-0.1, -0.05) is 11.6 Å². The van der Waals surface area contributed by atoms with E-state index in [0.29, 0.717) is 24.3 Å². The highest BCUT2D eigenvalue weighted by atomic mass is 35.5. The molecule has 0 unspecified atom stereocenters. The maximum Gasteiger partial charge on any atom is 0.417 e. The van der Waals surface area contributed by atoms with E-state index in [1.54, 1.807) is 24.4 Å². The summed E-state index contributed by atoms with van der Waals surface area (Å²) in [7, 11) is 1.54. The molecule has 3 amide bonds. The average molecular weight is 490 g/mol. The molecule has 11 heteroatoms. The van der Waals surface area contributed by atoms with Crippen molar-refractivity contribution in [2.75, 3.05) is 29.1 Å². The van der Waals surface area contributed by atoms with Gasteiger partial charge in [-0.05, 0) is 60.5 Å². The molecular weight excluding hydrogens is 471 g/mol. The standard InChI is InChI=1S/C23H19ClF3N5O2/c1-28-21(33)19-12-16(6-8-29-19)32-9-7-13-10-14(3-5-20(13)32)30-22(34)31-15-2-4-18(24)17(11-15)23(25,26)27/h2-6,8,10-12H,7,9H2,1H3,(H,28,33)(H2,30,31,34). The Balaban J connectivity index is 1.47. The third-order valence-electron chi connectivity index (χ3n) is 5.28. The first-order valence-electron chi connectivity index (χ1n) is 10.2. The van der Waals surface area contributed by atoms with Crippen molar-refractivity contribution in [1.29, 1.82) is 0 Å². The van der Waals surface area contributed by atoms with Gasteiger partial charge in [0, 0.05) is 42.5 Å². The van der Waals surface area contributed by atoms with E-state index < -0.39 is 22.8 Å². The summed E-state index contributed by atoms with van der Waals surface area (Å²) in [6.45, 7) is 0.674. The minimum absolute atomic E-state index is 0.0360. The van der Waals surface area contributed by atoms with Gasteiger partial charge in [0.05, 0.1) is 10.6 Å². The lowest BCUT2D eigenvalue weighted by Gasteiger charge is -2.20. The van der Waals surface area contributed by atoms with Crippen LogP contribution in [0.25, 0.3) is 0 Å². The first-order chi connectivity index (χ1) is 16.2. The van der Waals surface area contributed by atoms with Gasteiger partial charge in [0.1, 0.15) is 5.69 Å². The summed E-state index contributed by atoms with van der Waals surface area (Å²) in [6.07, 6.45) is -2.36. The number of hydrogen-bond acceptors (Lipinski definition) is 4. The fourth-order valence-electron chi connectivity index (χ4n) is 3.70. The molecule has 3 N–H and O–H groups in total. The van der Waals surface area contributed by atoms with Crippen molar-refractivity contribution in [1.82, 2.24) is 10.3 Å². The lowest BCUT2D eigenvalue weighted by molar-refractivity contribution is -0.137. The van der Waals surface area contributed by atoms with Gasteiger partial charge < -0.3 is 20.9 Å². The minimum atomic E-state index is -4.63. The molecule has 0 aliphatic carbocycles. The zero-order valence-corrected chi connectivity index (χ0v) is 18.6. The maximum absolute atomic E-state index is 13.0. The van der Waals surface area contributed by atoms with Gasteiger partial charge in [0.15, 0.2) is 0 Å². The first kappa shape index (κ1) is 23.4. The van der Waals surface area contributed by atoms with Crippen molar-refractivity contribution < 1.29 is 22.8 Å². The van der Waals surface area contributed by atoms with E-state index >= 15 is 0 Å². The number of halogens is 4. The number of nitrogens with zero attached hydrogens (tertiary/aromatic N) is 2. The summed E-state index contributed by atoms with van der Waals surface area (Å²) in [5, 5.41) is 7.12. The number of amides is 3. The van der Waals surface area contributed by atoms with Gasteiger partial charge in [-0.25, -0.2) is 4.79 Å². The van der Waals surface area contributed by atoms with Crippen LogP contribution in [0.4, 0.5) is 40.7 Å². The molecule has 4 rings (SSSR count). The van der Waals surface area contributed by atoms with Crippen molar-refractivity contribution in [3.8, 4) is 0 Å². The number of nitrogens with one attached hydrogen (secondary N) is 3. The number of alkyl halides is 3. The van der Waals surface area contributed by atoms with Gasteiger partial charge in [0.25, 0.3) is 5.91 Å². The second-order valence-electron chi connectivity index (χ2n) is 7.50. The molecule has 2 heterocycles. The van der Waals surface area contributed by atoms with E-state index in [1.807, 2.05) is 17.0 Å². The molecule has 1 aliphatic rings. The van der Waals surface area contributed by atoms with Crippen LogP contribution in [0.5, 0.6) is 0 Å². The van der Waals surface area contributed by atoms with Crippen LogP contribution in [0, 0.1) is 0 Å². The first-order valence-corrected chi connectivity index (χ1v) is 10.6. The summed E-state index contributed by atoms with van der Waals surface area (Å²) in [5.41, 5.74) is 2.44. The largest absolute Gasteiger partial charge is 0.417 e. The zero-order valence-electron chi connectivity index (χ0n) is 17.8. The Kier molecular flexibility index (Phi) is 6.34. The Morgan fingerprint density at radius 1 is 1.03 bits per heavy atom. The second-order valence-corrected chi connectivity index (χ2v) is 7.90. The van der Waals surface area contributed by atoms with Crippen molar-refractivity contribution in [2.24, 2.45) is 0 Å². The number of carbonyl (C=O) groups is 2. The van der Waals surface area contributed by atoms with Crippen LogP contribution in [0.2, 0.25) is 5.02 Å². The van der Waals surface area contributed by atoms with Crippen molar-refractivity contribution in [2.45, 2.75) is 12.6 Å². The summed E-state index contributed by atoms with van der Waals surface area (Å²) in [6, 6.07) is 11.3. The van der Waals surface area contributed by atoms with E-state index in [1.165, 1.54) is 13.1 Å². The average Bonchev–Trinajstić information content (AvgIpc) is 3.22. The molecule has 2 aromatic carbocycles. The number of carbonyl (C=O) groups excluding carboxylic acids is 2. The lowest BCUT2D eigenvalue weighted by atomic mass is 10.1. The summed E-state index contributed by atoms with van der Waals surface area (Å²) < 4.78 is 39.1. The van der Waals surface area contributed by atoms with Crippen LogP contribution >= 0.6 is 11.6 Å². The molecule has 0 saturated carbocycles. The predicted octanol–water partition coefficient (Wildman–Crippen LogP) is 5.45. The Hall–Kier alpha value is -3.79. The van der Waals surface area contributed by atoms with Gasteiger partial charge >= 0.3 is 12.2 Å². The highest BCUT2D eigenvalue weighted by Crippen LogP contribution is 2.37. The summed E-state index contributed by atoms with van der Waals surface area (Å²) >= 11 is 5.61. The predicted molar refractivity (Wildman–Crippen MR) is 124 cm³/mol. The third-order valence-corrected chi connectivity index (χ3v) is 5.61. The Morgan fingerprint density at radius 3 is 2.44 bits per heavy atom. The van der Waals surface area contributed by atoms with Crippen LogP contribution in [0.1, 0.15) is 21.6 Å². The van der Waals surface area contributed by atoms with E-state index in [0.717, 1.165) is 29.1 Å². The molecular formula is C23H19ClF3N5O2. The molecule has 0 spiro atoms. The topological polar surface area (TPSA) is 86.4 Å². The molecule has 7 nitrogen and oxygen atoms in total. The highest BCUT2D eigenvalue weighted by Gasteiger charge is 2.33. The van der Waals surface area contributed by atoms with Gasteiger partial charge in [-0.15, -0.1) is 0 Å². The summed E-state index contributed by atoms with van der Waals surface area (Å²) in [5.74, 6) is -0.283. The minimum Gasteiger partial charge on any atom is -0.354 e. The van der Waals surface area contributed by atoms with Crippen molar-refractivity contribution in [3.63, 3.8) is 0 Å². The van der Waals surface area contributed by atoms with Gasteiger partial charge in [0.2, 0.25) is 0 Å². The third kappa shape index (κ3) is 4.91. The Labute approximate surface area is 197 Å². The molecule has 0 saturated heterocycles. The lowest BCUT2D eigenvalue weighted by Crippen LogP contribution is -2.20. The van der Waals surface area contributed by atoms with E-state index in [9.17, 15) is 22.8 Å². The van der Waals surface area contributed by atoms with Gasteiger partial charge in [-0.2, -0.15) is 13.2 Å². The second kappa shape index (κ2) is 9.22. The number of hydrogen-bond donors (Lipinski definition) is 3. The number of benzene rings is 2. The number of aromatic nitrogens is 1. The van der Waals surface area contributed by atoms with Crippen LogP contribution < -0.4 is 20.9 Å². The molecule has 0 bridgehead atoms.